The lowest BCUT2D eigenvalue weighted by Gasteiger charge is -2.23. The van der Waals surface area contributed by atoms with E-state index in [9.17, 15) is 4.79 Å². The second-order valence-electron chi connectivity index (χ2n) is 4.94. The van der Waals surface area contributed by atoms with Crippen LogP contribution in [0.3, 0.4) is 0 Å². The first-order valence-electron chi connectivity index (χ1n) is 6.06. The van der Waals surface area contributed by atoms with Crippen LogP contribution in [-0.2, 0) is 22.5 Å². The molecule has 0 saturated heterocycles. The Kier molecular flexibility index (Phi) is 5.31. The maximum absolute atomic E-state index is 11.7. The van der Waals surface area contributed by atoms with Crippen LogP contribution in [0.2, 0.25) is 0 Å². The van der Waals surface area contributed by atoms with Gasteiger partial charge in [-0.1, -0.05) is 24.3 Å². The molecule has 0 aliphatic rings. The van der Waals surface area contributed by atoms with Crippen LogP contribution in [0.25, 0.3) is 0 Å². The number of benzene rings is 1. The standard InChI is InChI=1S/C14H22N2O2/c1-14(2,18-3)10-16-13(17)8-11-4-6-12(9-15)7-5-11/h4-7H,8-10,15H2,1-3H3,(H,16,17). The predicted molar refractivity (Wildman–Crippen MR) is 72.1 cm³/mol. The Balaban J connectivity index is 2.44. The fraction of sp³-hybridized carbons (Fsp3) is 0.500. The van der Waals surface area contributed by atoms with Crippen molar-refractivity contribution in [2.24, 2.45) is 5.73 Å². The molecule has 3 N–H and O–H groups in total. The van der Waals surface area contributed by atoms with E-state index in [0.29, 0.717) is 19.5 Å². The topological polar surface area (TPSA) is 64.3 Å². The Labute approximate surface area is 109 Å². The van der Waals surface area contributed by atoms with E-state index < -0.39 is 0 Å². The highest BCUT2D eigenvalue weighted by molar-refractivity contribution is 5.78. The molecule has 4 heteroatoms. The minimum Gasteiger partial charge on any atom is -0.377 e. The van der Waals surface area contributed by atoms with E-state index in [-0.39, 0.29) is 11.5 Å². The molecule has 0 atom stereocenters. The second kappa shape index (κ2) is 6.52. The largest absolute Gasteiger partial charge is 0.377 e. The summed E-state index contributed by atoms with van der Waals surface area (Å²) in [4.78, 5) is 11.7. The molecule has 1 rings (SSSR count). The van der Waals surface area contributed by atoms with Crippen LogP contribution >= 0.6 is 0 Å². The van der Waals surface area contributed by atoms with Gasteiger partial charge in [0.05, 0.1) is 12.0 Å². The number of methoxy groups -OCH3 is 1. The van der Waals surface area contributed by atoms with Gasteiger partial charge < -0.3 is 15.8 Å². The van der Waals surface area contributed by atoms with Gasteiger partial charge >= 0.3 is 0 Å². The number of hydrogen-bond acceptors (Lipinski definition) is 3. The van der Waals surface area contributed by atoms with Gasteiger partial charge in [0.2, 0.25) is 5.91 Å². The quantitative estimate of drug-likeness (QED) is 0.798. The summed E-state index contributed by atoms with van der Waals surface area (Å²) in [6, 6.07) is 7.76. The molecule has 1 amide bonds. The van der Waals surface area contributed by atoms with Crippen LogP contribution in [-0.4, -0.2) is 25.2 Å². The fourth-order valence-corrected chi connectivity index (χ4v) is 1.42. The number of rotatable bonds is 6. The normalized spacial score (nSPS) is 11.3. The van der Waals surface area contributed by atoms with Gasteiger partial charge in [-0.05, 0) is 25.0 Å². The molecule has 0 fully saturated rings. The Hall–Kier alpha value is -1.39. The van der Waals surface area contributed by atoms with E-state index in [1.807, 2.05) is 38.1 Å². The molecule has 100 valence electrons. The van der Waals surface area contributed by atoms with Crippen molar-refractivity contribution in [3.8, 4) is 0 Å². The molecular formula is C14H22N2O2. The van der Waals surface area contributed by atoms with Gasteiger partial charge in [-0.25, -0.2) is 0 Å². The van der Waals surface area contributed by atoms with Gasteiger partial charge in [0.25, 0.3) is 0 Å². The van der Waals surface area contributed by atoms with Crippen molar-refractivity contribution in [1.29, 1.82) is 0 Å². The lowest BCUT2D eigenvalue weighted by molar-refractivity contribution is -0.121. The summed E-state index contributed by atoms with van der Waals surface area (Å²) in [5.41, 5.74) is 7.24. The van der Waals surface area contributed by atoms with Gasteiger partial charge in [0.1, 0.15) is 0 Å². The predicted octanol–water partition coefficient (Wildman–Crippen LogP) is 1.23. The zero-order valence-corrected chi connectivity index (χ0v) is 11.3. The summed E-state index contributed by atoms with van der Waals surface area (Å²) < 4.78 is 5.24. The van der Waals surface area contributed by atoms with E-state index in [1.165, 1.54) is 0 Å². The van der Waals surface area contributed by atoms with E-state index in [2.05, 4.69) is 5.32 Å². The van der Waals surface area contributed by atoms with E-state index in [0.717, 1.165) is 11.1 Å². The average molecular weight is 250 g/mol. The number of carbonyl (C=O) groups is 1. The van der Waals surface area contributed by atoms with Crippen molar-refractivity contribution in [3.63, 3.8) is 0 Å². The summed E-state index contributed by atoms with van der Waals surface area (Å²) >= 11 is 0. The Morgan fingerprint density at radius 1 is 1.28 bits per heavy atom. The lowest BCUT2D eigenvalue weighted by Crippen LogP contribution is -2.40. The first kappa shape index (κ1) is 14.7. The highest BCUT2D eigenvalue weighted by Gasteiger charge is 2.17. The van der Waals surface area contributed by atoms with Crippen molar-refractivity contribution in [1.82, 2.24) is 5.32 Å². The zero-order chi connectivity index (χ0) is 13.6. The van der Waals surface area contributed by atoms with E-state index in [4.69, 9.17) is 10.5 Å². The third-order valence-corrected chi connectivity index (χ3v) is 2.89. The van der Waals surface area contributed by atoms with Gasteiger partial charge in [0.15, 0.2) is 0 Å². The van der Waals surface area contributed by atoms with Crippen molar-refractivity contribution in [2.75, 3.05) is 13.7 Å². The summed E-state index contributed by atoms with van der Waals surface area (Å²) in [7, 11) is 1.64. The molecule has 0 heterocycles. The number of hydrogen-bond donors (Lipinski definition) is 2. The molecule has 4 nitrogen and oxygen atoms in total. The molecule has 0 spiro atoms. The summed E-state index contributed by atoms with van der Waals surface area (Å²) in [5.74, 6) is 0.000577. The maximum atomic E-state index is 11.7. The van der Waals surface area contributed by atoms with Gasteiger partial charge in [0, 0.05) is 20.2 Å². The molecule has 0 aliphatic carbocycles. The molecule has 0 aliphatic heterocycles. The monoisotopic (exact) mass is 250 g/mol. The van der Waals surface area contributed by atoms with Crippen molar-refractivity contribution in [2.45, 2.75) is 32.4 Å². The van der Waals surface area contributed by atoms with Gasteiger partial charge in [-0.2, -0.15) is 0 Å². The molecule has 1 aromatic rings. The van der Waals surface area contributed by atoms with E-state index >= 15 is 0 Å². The third kappa shape index (κ3) is 4.85. The number of nitrogens with two attached hydrogens (primary N) is 1. The highest BCUT2D eigenvalue weighted by atomic mass is 16.5. The minimum atomic E-state index is -0.334. The SMILES string of the molecule is COC(C)(C)CNC(=O)Cc1ccc(CN)cc1. The first-order valence-corrected chi connectivity index (χ1v) is 6.06. The van der Waals surface area contributed by atoms with Crippen molar-refractivity contribution in [3.05, 3.63) is 35.4 Å². The van der Waals surface area contributed by atoms with Crippen LogP contribution < -0.4 is 11.1 Å². The zero-order valence-electron chi connectivity index (χ0n) is 11.3. The van der Waals surface area contributed by atoms with Crippen LogP contribution in [0, 0.1) is 0 Å². The van der Waals surface area contributed by atoms with Crippen LogP contribution in [0.4, 0.5) is 0 Å². The fourth-order valence-electron chi connectivity index (χ4n) is 1.42. The number of nitrogens with one attached hydrogen (secondary N) is 1. The van der Waals surface area contributed by atoms with E-state index in [1.54, 1.807) is 7.11 Å². The maximum Gasteiger partial charge on any atom is 0.224 e. The number of amides is 1. The summed E-state index contributed by atoms with van der Waals surface area (Å²) in [5, 5.41) is 2.86. The number of ether oxygens (including phenoxy) is 1. The summed E-state index contributed by atoms with van der Waals surface area (Å²) in [6.45, 7) is 4.89. The molecular weight excluding hydrogens is 228 g/mol. The van der Waals surface area contributed by atoms with Gasteiger partial charge in [-0.15, -0.1) is 0 Å². The van der Waals surface area contributed by atoms with Crippen LogP contribution in [0.15, 0.2) is 24.3 Å². The third-order valence-electron chi connectivity index (χ3n) is 2.89. The molecule has 0 bridgehead atoms. The highest BCUT2D eigenvalue weighted by Crippen LogP contribution is 2.06. The van der Waals surface area contributed by atoms with Crippen LogP contribution in [0.1, 0.15) is 25.0 Å². The second-order valence-corrected chi connectivity index (χ2v) is 4.94. The van der Waals surface area contributed by atoms with Gasteiger partial charge in [-0.3, -0.25) is 4.79 Å². The molecule has 18 heavy (non-hydrogen) atoms. The minimum absolute atomic E-state index is 0.000577. The molecule has 0 unspecified atom stereocenters. The molecule has 0 saturated carbocycles. The average Bonchev–Trinajstić information content (AvgIpc) is 2.37. The smallest absolute Gasteiger partial charge is 0.224 e. The Morgan fingerprint density at radius 2 is 1.83 bits per heavy atom. The lowest BCUT2D eigenvalue weighted by atomic mass is 10.1. The Bertz CT molecular complexity index is 385. The molecule has 0 radical (unpaired) electrons. The molecule has 1 aromatic carbocycles. The summed E-state index contributed by atoms with van der Waals surface area (Å²) in [6.07, 6.45) is 0.380. The molecule has 0 aromatic heterocycles. The number of carbonyl (C=O) groups excluding carboxylic acids is 1. The van der Waals surface area contributed by atoms with Crippen LogP contribution in [0.5, 0.6) is 0 Å². The van der Waals surface area contributed by atoms with Crippen molar-refractivity contribution < 1.29 is 9.53 Å². The first-order chi connectivity index (χ1) is 8.46. The Morgan fingerprint density at radius 3 is 2.33 bits per heavy atom. The van der Waals surface area contributed by atoms with Crippen molar-refractivity contribution >= 4 is 5.91 Å².